The molecule has 0 aromatic carbocycles. The van der Waals surface area contributed by atoms with Crippen LogP contribution in [0.3, 0.4) is 0 Å². The van der Waals surface area contributed by atoms with E-state index in [4.69, 9.17) is 0 Å². The average Bonchev–Trinajstić information content (AvgIpc) is 3.09. The fourth-order valence-corrected chi connectivity index (χ4v) is 5.40. The van der Waals surface area contributed by atoms with Gasteiger partial charge in [0.1, 0.15) is 11.7 Å². The summed E-state index contributed by atoms with van der Waals surface area (Å²) in [6.45, 7) is 5.21. The van der Waals surface area contributed by atoms with Gasteiger partial charge in [-0.25, -0.2) is 18.6 Å². The molecule has 0 bridgehead atoms. The zero-order chi connectivity index (χ0) is 23.2. The van der Waals surface area contributed by atoms with Crippen molar-refractivity contribution in [2.75, 3.05) is 44.2 Å². The quantitative estimate of drug-likeness (QED) is 0.733. The van der Waals surface area contributed by atoms with E-state index in [9.17, 15) is 9.59 Å². The van der Waals surface area contributed by atoms with Crippen LogP contribution < -0.4 is 15.5 Å². The molecule has 2 N–H and O–H groups in total. The van der Waals surface area contributed by atoms with Gasteiger partial charge in [-0.05, 0) is 56.8 Å². The number of hydrogen-bond donors (Lipinski definition) is 2. The molecule has 3 aliphatic heterocycles. The fourth-order valence-electron chi connectivity index (χ4n) is 5.40. The molecule has 10 heteroatoms. The largest absolute Gasteiger partial charge is 0.328 e. The predicted octanol–water partition coefficient (Wildman–Crippen LogP) is 2.67. The van der Waals surface area contributed by atoms with Crippen LogP contribution in [0, 0.1) is 12.8 Å². The van der Waals surface area contributed by atoms with Crippen molar-refractivity contribution >= 4 is 28.7 Å². The van der Waals surface area contributed by atoms with Gasteiger partial charge in [0.15, 0.2) is 0 Å². The van der Waals surface area contributed by atoms with Crippen LogP contribution >= 0.6 is 0 Å². The Balaban J connectivity index is 1.36. The summed E-state index contributed by atoms with van der Waals surface area (Å²) in [7, 11) is 0. The molecule has 0 aliphatic carbocycles. The van der Waals surface area contributed by atoms with E-state index < -0.39 is 18.0 Å². The number of piperidine rings is 2. The predicted molar refractivity (Wildman–Crippen MR) is 121 cm³/mol. The van der Waals surface area contributed by atoms with Gasteiger partial charge in [0.2, 0.25) is 5.91 Å². The molecule has 2 aromatic heterocycles. The first-order valence-corrected chi connectivity index (χ1v) is 11.7. The summed E-state index contributed by atoms with van der Waals surface area (Å²) in [6, 6.07) is 0.359. The summed E-state index contributed by atoms with van der Waals surface area (Å²) >= 11 is 0. The maximum Gasteiger partial charge on any atom is 0.328 e. The molecule has 0 saturated carbocycles. The second-order valence-electron chi connectivity index (χ2n) is 9.53. The first kappa shape index (κ1) is 22.2. The lowest BCUT2D eigenvalue weighted by Crippen LogP contribution is -2.51. The monoisotopic (exact) mass is 460 g/mol. The Hall–Kier alpha value is -2.59. The molecule has 0 unspecified atom stereocenters. The Kier molecular flexibility index (Phi) is 5.82. The van der Waals surface area contributed by atoms with Gasteiger partial charge in [-0.15, -0.1) is 0 Å². The van der Waals surface area contributed by atoms with Crippen LogP contribution in [0.1, 0.15) is 37.3 Å². The molecule has 178 valence electrons. The number of imide groups is 1. The number of anilines is 1. The number of pyridine rings is 1. The number of nitrogens with zero attached hydrogens (tertiary/aromatic N) is 4. The minimum Gasteiger partial charge on any atom is -0.323 e. The van der Waals surface area contributed by atoms with Crippen LogP contribution in [-0.4, -0.2) is 71.6 Å². The van der Waals surface area contributed by atoms with Gasteiger partial charge in [0.05, 0.1) is 18.4 Å². The number of nitrogens with one attached hydrogen (secondary N) is 2. The molecule has 3 fully saturated rings. The minimum atomic E-state index is -2.86. The van der Waals surface area contributed by atoms with Gasteiger partial charge in [0.25, 0.3) is 5.92 Å². The van der Waals surface area contributed by atoms with E-state index in [1.54, 1.807) is 16.8 Å². The Labute approximate surface area is 191 Å². The Morgan fingerprint density at radius 1 is 1.18 bits per heavy atom. The summed E-state index contributed by atoms with van der Waals surface area (Å²) in [4.78, 5) is 31.5. The number of amides is 3. The smallest absolute Gasteiger partial charge is 0.323 e. The molecule has 1 atom stereocenters. The second kappa shape index (κ2) is 8.64. The Morgan fingerprint density at radius 2 is 1.97 bits per heavy atom. The number of aromatic nitrogens is 2. The number of likely N-dealkylation sites (tertiary alicyclic amines) is 1. The number of fused-ring (bicyclic) bond motifs is 1. The van der Waals surface area contributed by atoms with Crippen molar-refractivity contribution in [3.05, 3.63) is 24.0 Å². The standard InChI is InChI=1S/C23H30F2N6O2/c1-15-12-31(19-4-8-29(14-23(19,24)25)13-16-2-6-26-7-3-16)21-18(15)10-17(11-27-21)30-9-5-20(32)28-22(30)33/h10-12,16,19,26H,2-9,13-14H2,1H3,(H,28,32,33)/t19-/m0/s1. The fraction of sp³-hybridized carbons (Fsp3) is 0.609. The number of aryl methyl sites for hydroxylation is 1. The highest BCUT2D eigenvalue weighted by Gasteiger charge is 2.46. The zero-order valence-corrected chi connectivity index (χ0v) is 18.8. The zero-order valence-electron chi connectivity index (χ0n) is 18.8. The minimum absolute atomic E-state index is 0.214. The summed E-state index contributed by atoms with van der Waals surface area (Å²) in [6.07, 6.45) is 5.94. The lowest BCUT2D eigenvalue weighted by molar-refractivity contribution is -0.120. The Bertz CT molecular complexity index is 1060. The van der Waals surface area contributed by atoms with Gasteiger partial charge < -0.3 is 9.88 Å². The van der Waals surface area contributed by atoms with Crippen molar-refractivity contribution in [3.63, 3.8) is 0 Å². The number of carbonyl (C=O) groups is 2. The van der Waals surface area contributed by atoms with Gasteiger partial charge in [-0.1, -0.05) is 0 Å². The summed E-state index contributed by atoms with van der Waals surface area (Å²) < 4.78 is 32.3. The highest BCUT2D eigenvalue weighted by atomic mass is 19.3. The van der Waals surface area contributed by atoms with E-state index in [1.807, 2.05) is 11.8 Å². The summed E-state index contributed by atoms with van der Waals surface area (Å²) in [5.74, 6) is -2.69. The number of carbonyl (C=O) groups excluding carboxylic acids is 2. The van der Waals surface area contributed by atoms with Crippen LogP contribution in [-0.2, 0) is 4.79 Å². The van der Waals surface area contributed by atoms with Crippen LogP contribution in [0.25, 0.3) is 11.0 Å². The molecular weight excluding hydrogens is 430 g/mol. The van der Waals surface area contributed by atoms with Crippen LogP contribution in [0.4, 0.5) is 19.3 Å². The lowest BCUT2D eigenvalue weighted by Gasteiger charge is -2.40. The third kappa shape index (κ3) is 4.33. The molecule has 2 aromatic rings. The maximum absolute atomic E-state index is 15.4. The molecule has 3 aliphatic rings. The van der Waals surface area contributed by atoms with E-state index in [1.165, 1.54) is 11.1 Å². The molecule has 0 spiro atoms. The van der Waals surface area contributed by atoms with Crippen molar-refractivity contribution in [2.24, 2.45) is 5.92 Å². The van der Waals surface area contributed by atoms with E-state index in [2.05, 4.69) is 15.6 Å². The van der Waals surface area contributed by atoms with E-state index >= 15 is 8.78 Å². The number of urea groups is 1. The van der Waals surface area contributed by atoms with Gasteiger partial charge in [-0.3, -0.25) is 19.9 Å². The van der Waals surface area contributed by atoms with Gasteiger partial charge in [-0.2, -0.15) is 0 Å². The van der Waals surface area contributed by atoms with Crippen molar-refractivity contribution in [3.8, 4) is 0 Å². The summed E-state index contributed by atoms with van der Waals surface area (Å²) in [5.41, 5.74) is 1.89. The molecule has 5 rings (SSSR count). The molecule has 33 heavy (non-hydrogen) atoms. The van der Waals surface area contributed by atoms with Crippen molar-refractivity contribution in [1.82, 2.24) is 25.1 Å². The number of halogens is 2. The van der Waals surface area contributed by atoms with Gasteiger partial charge >= 0.3 is 6.03 Å². The molecule has 3 amide bonds. The third-order valence-corrected chi connectivity index (χ3v) is 7.17. The van der Waals surface area contributed by atoms with Crippen LogP contribution in [0.2, 0.25) is 0 Å². The van der Waals surface area contributed by atoms with Crippen LogP contribution in [0.15, 0.2) is 18.5 Å². The normalized spacial score (nSPS) is 24.9. The number of alkyl halides is 2. The van der Waals surface area contributed by atoms with Crippen molar-refractivity contribution in [1.29, 1.82) is 0 Å². The van der Waals surface area contributed by atoms with Crippen LogP contribution in [0.5, 0.6) is 0 Å². The molecule has 5 heterocycles. The Morgan fingerprint density at radius 3 is 2.70 bits per heavy atom. The lowest BCUT2D eigenvalue weighted by atomic mass is 9.94. The SMILES string of the molecule is Cc1cn([C@H]2CCN(CC3CCNCC3)CC2(F)F)c2ncc(N3CCC(=O)NC3=O)cc12. The topological polar surface area (TPSA) is 82.5 Å². The molecular formula is C23H30F2N6O2. The molecule has 3 saturated heterocycles. The van der Waals surface area contributed by atoms with E-state index in [0.29, 0.717) is 30.2 Å². The number of rotatable bonds is 4. The average molecular weight is 461 g/mol. The first-order valence-electron chi connectivity index (χ1n) is 11.7. The van der Waals surface area contributed by atoms with E-state index in [0.717, 1.165) is 43.4 Å². The van der Waals surface area contributed by atoms with Gasteiger partial charge in [0, 0.05) is 37.6 Å². The third-order valence-electron chi connectivity index (χ3n) is 7.17. The summed E-state index contributed by atoms with van der Waals surface area (Å²) in [5, 5.41) is 6.37. The molecule has 0 radical (unpaired) electrons. The highest BCUT2D eigenvalue weighted by Crippen LogP contribution is 2.40. The molecule has 8 nitrogen and oxygen atoms in total. The van der Waals surface area contributed by atoms with Crippen molar-refractivity contribution in [2.45, 2.75) is 44.6 Å². The maximum atomic E-state index is 15.4. The first-order chi connectivity index (χ1) is 15.8. The highest BCUT2D eigenvalue weighted by molar-refractivity contribution is 6.06. The van der Waals surface area contributed by atoms with E-state index in [-0.39, 0.29) is 25.4 Å². The van der Waals surface area contributed by atoms with Crippen molar-refractivity contribution < 1.29 is 18.4 Å². The second-order valence-corrected chi connectivity index (χ2v) is 9.53. The number of hydrogen-bond acceptors (Lipinski definition) is 5.